The molecule has 2 rings (SSSR count). The van der Waals surface area contributed by atoms with Gasteiger partial charge in [0, 0.05) is 0 Å². The topological polar surface area (TPSA) is 29.9 Å². The van der Waals surface area contributed by atoms with Crippen molar-refractivity contribution in [3.05, 3.63) is 23.5 Å². The van der Waals surface area contributed by atoms with Crippen LogP contribution in [0.25, 0.3) is 6.08 Å². The van der Waals surface area contributed by atoms with Crippen molar-refractivity contribution in [2.45, 2.75) is 12.8 Å². The van der Waals surface area contributed by atoms with Gasteiger partial charge in [0.25, 0.3) is 0 Å². The second kappa shape index (κ2) is 1.72. The first-order chi connectivity index (χ1) is 4.47. The van der Waals surface area contributed by atoms with E-state index in [1.165, 1.54) is 17.7 Å². The number of aromatic amines is 2. The molecule has 0 aromatic carbocycles. The third-order valence-corrected chi connectivity index (χ3v) is 1.66. The molecule has 0 unspecified atom stereocenters. The molecule has 1 heterocycles. The van der Waals surface area contributed by atoms with E-state index in [-0.39, 0.29) is 0 Å². The highest BCUT2D eigenvalue weighted by molar-refractivity contribution is 5.51. The first kappa shape index (κ1) is 4.79. The fraction of sp³-hybridized carbons (Fsp3) is 0.286. The first-order valence-corrected chi connectivity index (χ1v) is 3.21. The Bertz CT molecular complexity index is 235. The molecular formula is C7H9N2+. The van der Waals surface area contributed by atoms with E-state index in [1.807, 2.05) is 6.20 Å². The molecule has 1 aromatic rings. The Morgan fingerprint density at radius 1 is 1.56 bits per heavy atom. The highest BCUT2D eigenvalue weighted by atomic mass is 15.1. The number of H-pyrrole nitrogens is 2. The second-order valence-electron chi connectivity index (χ2n) is 2.29. The first-order valence-electron chi connectivity index (χ1n) is 3.21. The predicted octanol–water partition coefficient (Wildman–Crippen LogP) is 0.788. The minimum Gasteiger partial charge on any atom is -0.171 e. The van der Waals surface area contributed by atoms with Crippen LogP contribution >= 0.6 is 0 Å². The number of hydrogen-bond acceptors (Lipinski definition) is 0. The summed E-state index contributed by atoms with van der Waals surface area (Å²) in [6.07, 6.45) is 8.65. The summed E-state index contributed by atoms with van der Waals surface area (Å²) in [5, 5.41) is 6.05. The van der Waals surface area contributed by atoms with Crippen LogP contribution in [0.5, 0.6) is 0 Å². The molecule has 0 radical (unpaired) electrons. The zero-order valence-electron chi connectivity index (χ0n) is 5.15. The minimum atomic E-state index is 1.15. The maximum atomic E-state index is 3.08. The maximum Gasteiger partial charge on any atom is 0.200 e. The molecule has 0 aliphatic heterocycles. The van der Waals surface area contributed by atoms with Crippen LogP contribution in [0.4, 0.5) is 0 Å². The largest absolute Gasteiger partial charge is 0.200 e. The maximum absolute atomic E-state index is 3.08. The van der Waals surface area contributed by atoms with E-state index in [4.69, 9.17) is 0 Å². The van der Waals surface area contributed by atoms with Gasteiger partial charge in [-0.15, -0.1) is 5.10 Å². The Balaban J connectivity index is 2.53. The Morgan fingerprint density at radius 2 is 2.56 bits per heavy atom. The van der Waals surface area contributed by atoms with Gasteiger partial charge in [-0.05, 0) is 12.8 Å². The van der Waals surface area contributed by atoms with Crippen molar-refractivity contribution in [2.24, 2.45) is 0 Å². The summed E-state index contributed by atoms with van der Waals surface area (Å²) in [6, 6.07) is 0. The van der Waals surface area contributed by atoms with Crippen molar-refractivity contribution in [1.29, 1.82) is 0 Å². The van der Waals surface area contributed by atoms with Gasteiger partial charge < -0.3 is 0 Å². The van der Waals surface area contributed by atoms with E-state index in [9.17, 15) is 0 Å². The summed E-state index contributed by atoms with van der Waals surface area (Å²) in [5.74, 6) is 0. The lowest BCUT2D eigenvalue weighted by Gasteiger charge is -1.97. The summed E-state index contributed by atoms with van der Waals surface area (Å²) in [6.45, 7) is 0. The highest BCUT2D eigenvalue weighted by Crippen LogP contribution is 2.13. The summed E-state index contributed by atoms with van der Waals surface area (Å²) < 4.78 is 0. The predicted molar refractivity (Wildman–Crippen MR) is 34.7 cm³/mol. The lowest BCUT2D eigenvalue weighted by molar-refractivity contribution is -0.449. The van der Waals surface area contributed by atoms with Crippen LogP contribution in [-0.2, 0) is 6.42 Å². The highest BCUT2D eigenvalue weighted by Gasteiger charge is 2.07. The van der Waals surface area contributed by atoms with Crippen molar-refractivity contribution in [1.82, 2.24) is 5.10 Å². The van der Waals surface area contributed by atoms with Gasteiger partial charge in [0.2, 0.25) is 0 Å². The van der Waals surface area contributed by atoms with E-state index in [0.717, 1.165) is 6.42 Å². The normalized spacial score (nSPS) is 15.6. The molecule has 1 aliphatic rings. The molecule has 0 saturated carbocycles. The number of nitrogens with one attached hydrogen (secondary N) is 2. The van der Waals surface area contributed by atoms with Crippen molar-refractivity contribution < 1.29 is 5.10 Å². The van der Waals surface area contributed by atoms with Gasteiger partial charge in [0.1, 0.15) is 0 Å². The summed E-state index contributed by atoms with van der Waals surface area (Å²) in [4.78, 5) is 0. The molecule has 0 saturated heterocycles. The number of rotatable bonds is 0. The number of aryl methyl sites for hydroxylation is 1. The van der Waals surface area contributed by atoms with E-state index >= 15 is 0 Å². The monoisotopic (exact) mass is 121 g/mol. The standard InChI is InChI=1S/C7H8N2/c1-2-4-7-6(3-1)5-8-9-7/h1,3,5H,2,4H2,(H,8,9)/p+1. The van der Waals surface area contributed by atoms with Crippen LogP contribution in [0.15, 0.2) is 12.3 Å². The number of aromatic nitrogens is 2. The third-order valence-electron chi connectivity index (χ3n) is 1.66. The Labute approximate surface area is 53.6 Å². The third kappa shape index (κ3) is 0.669. The molecule has 9 heavy (non-hydrogen) atoms. The SMILES string of the molecule is C1=Cc2c[nH+][nH]c2CC1. The molecule has 46 valence electrons. The zero-order chi connectivity index (χ0) is 6.10. The van der Waals surface area contributed by atoms with Crippen molar-refractivity contribution >= 4 is 6.08 Å². The second-order valence-corrected chi connectivity index (χ2v) is 2.29. The molecule has 0 bridgehead atoms. The molecular weight excluding hydrogens is 112 g/mol. The Kier molecular flexibility index (Phi) is 0.918. The van der Waals surface area contributed by atoms with Crippen LogP contribution in [-0.4, -0.2) is 5.10 Å². The molecule has 0 amide bonds. The van der Waals surface area contributed by atoms with Gasteiger partial charge in [0.05, 0.1) is 11.3 Å². The Hall–Kier alpha value is -1.05. The van der Waals surface area contributed by atoms with Crippen molar-refractivity contribution in [2.75, 3.05) is 0 Å². The quantitative estimate of drug-likeness (QED) is 0.526. The molecule has 0 spiro atoms. The summed E-state index contributed by atoms with van der Waals surface area (Å²) in [7, 11) is 0. The number of allylic oxidation sites excluding steroid dienone is 1. The van der Waals surface area contributed by atoms with Crippen LogP contribution in [0.1, 0.15) is 17.7 Å². The van der Waals surface area contributed by atoms with E-state index in [0.29, 0.717) is 0 Å². The van der Waals surface area contributed by atoms with Crippen LogP contribution in [0.2, 0.25) is 0 Å². The minimum absolute atomic E-state index is 1.15. The Morgan fingerprint density at radius 3 is 3.44 bits per heavy atom. The lowest BCUT2D eigenvalue weighted by atomic mass is 10.1. The molecule has 0 atom stereocenters. The van der Waals surface area contributed by atoms with Gasteiger partial charge in [0.15, 0.2) is 6.20 Å². The van der Waals surface area contributed by atoms with Gasteiger partial charge in [-0.1, -0.05) is 12.2 Å². The fourth-order valence-electron chi connectivity index (χ4n) is 1.15. The molecule has 0 fully saturated rings. The number of hydrogen-bond donors (Lipinski definition) is 1. The van der Waals surface area contributed by atoms with Gasteiger partial charge in [-0.3, -0.25) is 0 Å². The summed E-state index contributed by atoms with van der Waals surface area (Å²) >= 11 is 0. The average Bonchev–Trinajstić information content (AvgIpc) is 2.33. The van der Waals surface area contributed by atoms with Crippen LogP contribution in [0, 0.1) is 0 Å². The van der Waals surface area contributed by atoms with Gasteiger partial charge >= 0.3 is 0 Å². The van der Waals surface area contributed by atoms with Crippen molar-refractivity contribution in [3.8, 4) is 0 Å². The molecule has 2 heteroatoms. The van der Waals surface area contributed by atoms with Crippen LogP contribution < -0.4 is 5.10 Å². The van der Waals surface area contributed by atoms with Gasteiger partial charge in [-0.25, -0.2) is 0 Å². The lowest BCUT2D eigenvalue weighted by Crippen LogP contribution is -1.99. The molecule has 1 aliphatic carbocycles. The molecule has 1 aromatic heterocycles. The van der Waals surface area contributed by atoms with Gasteiger partial charge in [-0.2, -0.15) is 5.10 Å². The van der Waals surface area contributed by atoms with E-state index in [2.05, 4.69) is 22.3 Å². The molecule has 2 nitrogen and oxygen atoms in total. The number of fused-ring (bicyclic) bond motifs is 1. The van der Waals surface area contributed by atoms with E-state index in [1.54, 1.807) is 0 Å². The molecule has 2 N–H and O–H groups in total. The van der Waals surface area contributed by atoms with Crippen LogP contribution in [0.3, 0.4) is 0 Å². The average molecular weight is 121 g/mol. The van der Waals surface area contributed by atoms with E-state index < -0.39 is 0 Å². The van der Waals surface area contributed by atoms with Crippen molar-refractivity contribution in [3.63, 3.8) is 0 Å². The zero-order valence-corrected chi connectivity index (χ0v) is 5.15. The smallest absolute Gasteiger partial charge is 0.171 e. The fourth-order valence-corrected chi connectivity index (χ4v) is 1.15. The summed E-state index contributed by atoms with van der Waals surface area (Å²) in [5.41, 5.74) is 2.64.